The molecule has 1 aliphatic carbocycles. The minimum absolute atomic E-state index is 0.0321. The van der Waals surface area contributed by atoms with Crippen LogP contribution in [0, 0.1) is 11.8 Å². The molecule has 2 atom stereocenters. The molecule has 0 aromatic heterocycles. The average Bonchev–Trinajstić information content (AvgIpc) is 2.24. The standard InChI is InChI=1S/C15H29ClOSi2/c1-12(17)13-10-8-9-11-14(13)15(16,18(2,3)4)19(5,6)7/h8,10,13-14H,9,11H2,1-7H3. The van der Waals surface area contributed by atoms with Crippen LogP contribution >= 0.6 is 11.6 Å². The minimum Gasteiger partial charge on any atom is -0.299 e. The summed E-state index contributed by atoms with van der Waals surface area (Å²) in [5.41, 5.74) is 0. The van der Waals surface area contributed by atoms with Crippen molar-refractivity contribution >= 4 is 33.5 Å². The Balaban J connectivity index is 3.34. The van der Waals surface area contributed by atoms with Crippen molar-refractivity contribution < 1.29 is 4.79 Å². The molecule has 0 aromatic carbocycles. The summed E-state index contributed by atoms with van der Waals surface area (Å²) in [7, 11) is -3.16. The van der Waals surface area contributed by atoms with Crippen LogP contribution < -0.4 is 0 Å². The summed E-state index contributed by atoms with van der Waals surface area (Å²) >= 11 is 7.35. The lowest BCUT2D eigenvalue weighted by atomic mass is 9.82. The van der Waals surface area contributed by atoms with E-state index in [9.17, 15) is 4.79 Å². The maximum atomic E-state index is 12.0. The summed E-state index contributed by atoms with van der Waals surface area (Å²) in [6, 6.07) is 0. The fourth-order valence-electron chi connectivity index (χ4n) is 3.93. The van der Waals surface area contributed by atoms with Crippen LogP contribution in [0.5, 0.6) is 0 Å². The fourth-order valence-corrected chi connectivity index (χ4v) is 16.1. The summed E-state index contributed by atoms with van der Waals surface area (Å²) < 4.78 is -0.124. The van der Waals surface area contributed by atoms with E-state index in [1.165, 1.54) is 0 Å². The number of ketones is 1. The third-order valence-corrected chi connectivity index (χ3v) is 17.9. The van der Waals surface area contributed by atoms with Crippen LogP contribution in [0.25, 0.3) is 0 Å². The molecule has 19 heavy (non-hydrogen) atoms. The first kappa shape index (κ1) is 17.2. The zero-order chi connectivity index (χ0) is 15.1. The van der Waals surface area contributed by atoms with Gasteiger partial charge < -0.3 is 0 Å². The molecule has 0 radical (unpaired) electrons. The lowest BCUT2D eigenvalue weighted by Gasteiger charge is -2.54. The molecule has 1 nitrogen and oxygen atoms in total. The molecule has 0 amide bonds. The van der Waals surface area contributed by atoms with Gasteiger partial charge in [0.05, 0.1) is 16.1 Å². The zero-order valence-electron chi connectivity index (χ0n) is 13.5. The van der Waals surface area contributed by atoms with E-state index in [2.05, 4.69) is 51.4 Å². The predicted octanol–water partition coefficient (Wildman–Crippen LogP) is 4.89. The van der Waals surface area contributed by atoms with Crippen molar-refractivity contribution in [3.8, 4) is 0 Å². The van der Waals surface area contributed by atoms with Crippen molar-refractivity contribution in [2.45, 2.75) is 63.2 Å². The summed E-state index contributed by atoms with van der Waals surface area (Å²) in [5.74, 6) is 0.641. The molecule has 0 heterocycles. The number of halogens is 1. The second-order valence-electron chi connectivity index (χ2n) is 7.96. The molecule has 0 N–H and O–H groups in total. The van der Waals surface area contributed by atoms with E-state index in [-0.39, 0.29) is 15.8 Å². The number of hydrogen-bond acceptors (Lipinski definition) is 1. The Morgan fingerprint density at radius 3 is 2.00 bits per heavy atom. The Kier molecular flexibility index (Phi) is 4.97. The normalized spacial score (nSPS) is 25.5. The number of Topliss-reactive ketones (excluding diaryl/α,β-unsaturated/α-hetero) is 1. The zero-order valence-corrected chi connectivity index (χ0v) is 16.3. The molecule has 1 rings (SSSR count). The van der Waals surface area contributed by atoms with Crippen LogP contribution in [0.15, 0.2) is 12.2 Å². The molecular weight excluding hydrogens is 288 g/mol. The predicted molar refractivity (Wildman–Crippen MR) is 91.3 cm³/mol. The van der Waals surface area contributed by atoms with Crippen molar-refractivity contribution in [3.63, 3.8) is 0 Å². The first-order valence-corrected chi connectivity index (χ1v) is 14.7. The highest BCUT2D eigenvalue weighted by atomic mass is 35.5. The van der Waals surface area contributed by atoms with Gasteiger partial charge in [-0.1, -0.05) is 51.4 Å². The Bertz CT molecular complexity index is 363. The Hall–Kier alpha value is 0.134. The van der Waals surface area contributed by atoms with E-state index in [0.717, 1.165) is 12.8 Å². The van der Waals surface area contributed by atoms with Crippen molar-refractivity contribution in [2.24, 2.45) is 11.8 Å². The largest absolute Gasteiger partial charge is 0.299 e. The third kappa shape index (κ3) is 3.08. The Morgan fingerprint density at radius 2 is 1.63 bits per heavy atom. The number of allylic oxidation sites excluding steroid dienone is 2. The van der Waals surface area contributed by atoms with Crippen LogP contribution in [0.2, 0.25) is 39.3 Å². The number of hydrogen-bond donors (Lipinski definition) is 0. The quantitative estimate of drug-likeness (QED) is 0.410. The van der Waals surface area contributed by atoms with Crippen LogP contribution in [0.4, 0.5) is 0 Å². The Labute approximate surface area is 125 Å². The van der Waals surface area contributed by atoms with Crippen LogP contribution in [-0.2, 0) is 4.79 Å². The molecule has 0 spiro atoms. The van der Waals surface area contributed by atoms with Gasteiger partial charge in [-0.15, -0.1) is 11.6 Å². The highest BCUT2D eigenvalue weighted by Gasteiger charge is 2.57. The number of alkyl halides is 1. The topological polar surface area (TPSA) is 17.1 Å². The van der Waals surface area contributed by atoms with Gasteiger partial charge in [0, 0.05) is 10.0 Å². The van der Waals surface area contributed by atoms with Gasteiger partial charge in [0.1, 0.15) is 5.78 Å². The Morgan fingerprint density at radius 1 is 1.16 bits per heavy atom. The fraction of sp³-hybridized carbons (Fsp3) is 0.800. The number of carbonyl (C=O) groups is 1. The molecule has 0 bridgehead atoms. The lowest BCUT2D eigenvalue weighted by molar-refractivity contribution is -0.120. The number of rotatable bonds is 4. The van der Waals surface area contributed by atoms with E-state index < -0.39 is 16.1 Å². The molecule has 0 aromatic rings. The van der Waals surface area contributed by atoms with Crippen molar-refractivity contribution in [2.75, 3.05) is 0 Å². The second-order valence-corrected chi connectivity index (χ2v) is 20.3. The van der Waals surface area contributed by atoms with Gasteiger partial charge in [-0.2, -0.15) is 0 Å². The first-order valence-electron chi connectivity index (χ1n) is 7.29. The molecule has 0 fully saturated rings. The molecule has 0 saturated heterocycles. The van der Waals surface area contributed by atoms with Crippen molar-refractivity contribution in [3.05, 3.63) is 12.2 Å². The average molecular weight is 317 g/mol. The maximum absolute atomic E-state index is 12.0. The third-order valence-electron chi connectivity index (χ3n) is 4.58. The number of carbonyl (C=O) groups excluding carboxylic acids is 1. The highest BCUT2D eigenvalue weighted by Crippen LogP contribution is 2.49. The first-order chi connectivity index (χ1) is 8.43. The van der Waals surface area contributed by atoms with Crippen molar-refractivity contribution in [1.82, 2.24) is 0 Å². The van der Waals surface area contributed by atoms with Gasteiger partial charge in [0.25, 0.3) is 0 Å². The van der Waals surface area contributed by atoms with E-state index in [4.69, 9.17) is 11.6 Å². The van der Waals surface area contributed by atoms with E-state index >= 15 is 0 Å². The van der Waals surface area contributed by atoms with Gasteiger partial charge >= 0.3 is 0 Å². The molecule has 4 heteroatoms. The van der Waals surface area contributed by atoms with Gasteiger partial charge in [-0.05, 0) is 25.7 Å². The second kappa shape index (κ2) is 5.49. The van der Waals surface area contributed by atoms with Crippen LogP contribution in [0.1, 0.15) is 19.8 Å². The summed E-state index contributed by atoms with van der Waals surface area (Å²) in [4.78, 5) is 12.0. The summed E-state index contributed by atoms with van der Waals surface area (Å²) in [5, 5.41) is 0. The SMILES string of the molecule is CC(=O)C1C=CCCC1C(Cl)([Si](C)(C)C)[Si](C)(C)C. The summed E-state index contributed by atoms with van der Waals surface area (Å²) in [6.07, 6.45) is 6.42. The minimum atomic E-state index is -1.58. The van der Waals surface area contributed by atoms with Gasteiger partial charge in [-0.25, -0.2) is 0 Å². The molecule has 0 saturated carbocycles. The molecule has 1 aliphatic rings. The monoisotopic (exact) mass is 316 g/mol. The van der Waals surface area contributed by atoms with Crippen LogP contribution in [-0.4, -0.2) is 26.1 Å². The molecule has 110 valence electrons. The lowest BCUT2D eigenvalue weighted by Crippen LogP contribution is -2.68. The smallest absolute Gasteiger partial charge is 0.136 e. The van der Waals surface area contributed by atoms with Gasteiger partial charge in [0.2, 0.25) is 0 Å². The maximum Gasteiger partial charge on any atom is 0.136 e. The molecular formula is C15H29ClOSi2. The van der Waals surface area contributed by atoms with Gasteiger partial charge in [0.15, 0.2) is 0 Å². The van der Waals surface area contributed by atoms with Crippen LogP contribution in [0.3, 0.4) is 0 Å². The van der Waals surface area contributed by atoms with Gasteiger partial charge in [-0.3, -0.25) is 4.79 Å². The van der Waals surface area contributed by atoms with E-state index in [0.29, 0.717) is 5.92 Å². The van der Waals surface area contributed by atoms with E-state index in [1.807, 2.05) is 0 Å². The molecule has 2 unspecified atom stereocenters. The van der Waals surface area contributed by atoms with E-state index in [1.54, 1.807) is 6.92 Å². The molecule has 0 aliphatic heterocycles. The van der Waals surface area contributed by atoms with Crippen molar-refractivity contribution in [1.29, 1.82) is 0 Å². The summed E-state index contributed by atoms with van der Waals surface area (Å²) in [6.45, 7) is 15.9. The highest BCUT2D eigenvalue weighted by molar-refractivity contribution is 7.06.